The molecule has 2 N–H and O–H groups in total. The van der Waals surface area contributed by atoms with Crippen LogP contribution >= 0.6 is 11.3 Å². The van der Waals surface area contributed by atoms with Crippen molar-refractivity contribution in [2.45, 2.75) is 44.6 Å². The van der Waals surface area contributed by atoms with Crippen molar-refractivity contribution in [3.05, 3.63) is 21.4 Å². The monoisotopic (exact) mass is 323 g/mol. The molecule has 1 unspecified atom stereocenters. The van der Waals surface area contributed by atoms with Gasteiger partial charge in [-0.25, -0.2) is 4.79 Å². The second-order valence-corrected chi connectivity index (χ2v) is 7.50. The number of nitrogens with one attached hydrogen (secondary N) is 1. The van der Waals surface area contributed by atoms with Crippen LogP contribution < -0.4 is 5.32 Å². The van der Waals surface area contributed by atoms with Gasteiger partial charge in [0, 0.05) is 30.9 Å². The highest BCUT2D eigenvalue weighted by Gasteiger charge is 2.42. The van der Waals surface area contributed by atoms with E-state index < -0.39 is 11.5 Å². The highest BCUT2D eigenvalue weighted by atomic mass is 32.1. The van der Waals surface area contributed by atoms with Crippen LogP contribution in [0.3, 0.4) is 0 Å². The van der Waals surface area contributed by atoms with Gasteiger partial charge in [0.05, 0.1) is 4.88 Å². The van der Waals surface area contributed by atoms with Gasteiger partial charge in [0.15, 0.2) is 0 Å². The molecule has 6 heteroatoms. The molecule has 0 spiro atoms. The summed E-state index contributed by atoms with van der Waals surface area (Å²) in [7, 11) is 0. The smallest absolute Gasteiger partial charge is 0.329 e. The summed E-state index contributed by atoms with van der Waals surface area (Å²) in [4.78, 5) is 26.0. The van der Waals surface area contributed by atoms with E-state index in [1.165, 1.54) is 21.8 Å². The summed E-state index contributed by atoms with van der Waals surface area (Å²) in [6, 6.07) is 1.94. The Balaban J connectivity index is 1.77. The number of thiophene rings is 1. The maximum Gasteiger partial charge on any atom is 0.329 e. The lowest BCUT2D eigenvalue weighted by Gasteiger charge is -2.33. The van der Waals surface area contributed by atoms with Crippen molar-refractivity contribution in [2.24, 2.45) is 5.92 Å². The Morgan fingerprint density at radius 1 is 1.41 bits per heavy atom. The molecule has 0 saturated carbocycles. The second kappa shape index (κ2) is 6.01. The predicted octanol–water partition coefficient (Wildman–Crippen LogP) is 2.24. The number of fused-ring (bicyclic) bond motifs is 1. The van der Waals surface area contributed by atoms with Gasteiger partial charge in [-0.15, -0.1) is 11.3 Å². The fourth-order valence-corrected chi connectivity index (χ4v) is 4.31. The maximum atomic E-state index is 12.5. The van der Waals surface area contributed by atoms with Crippen LogP contribution in [0.2, 0.25) is 0 Å². The van der Waals surface area contributed by atoms with Crippen LogP contribution in [-0.4, -0.2) is 35.7 Å². The molecule has 1 amide bonds. The first kappa shape index (κ1) is 15.5. The lowest BCUT2D eigenvalue weighted by Crippen LogP contribution is -2.57. The number of hydrogen-bond donors (Lipinski definition) is 2. The van der Waals surface area contributed by atoms with Gasteiger partial charge < -0.3 is 15.2 Å². The molecule has 1 aromatic heterocycles. The molecule has 1 aliphatic carbocycles. The van der Waals surface area contributed by atoms with E-state index in [9.17, 15) is 14.7 Å². The van der Waals surface area contributed by atoms with Gasteiger partial charge in [-0.2, -0.15) is 0 Å². The van der Waals surface area contributed by atoms with Gasteiger partial charge in [-0.05, 0) is 36.8 Å². The minimum Gasteiger partial charge on any atom is -0.480 e. The highest BCUT2D eigenvalue weighted by molar-refractivity contribution is 7.14. The van der Waals surface area contributed by atoms with Crippen LogP contribution in [0.1, 0.15) is 46.3 Å². The van der Waals surface area contributed by atoms with Gasteiger partial charge in [0.2, 0.25) is 0 Å². The third kappa shape index (κ3) is 2.90. The zero-order valence-electron chi connectivity index (χ0n) is 12.7. The lowest BCUT2D eigenvalue weighted by molar-refractivity contribution is -0.148. The van der Waals surface area contributed by atoms with Gasteiger partial charge >= 0.3 is 5.97 Å². The fourth-order valence-electron chi connectivity index (χ4n) is 3.21. The standard InChI is InChI=1S/C16H21NO4S/c1-10-2-3-12-11(8-10)9-13(22-12)14(18)17-16(15(19)20)4-6-21-7-5-16/h9-10H,2-8H2,1H3,(H,17,18)(H,19,20). The fraction of sp³-hybridized carbons (Fsp3) is 0.625. The van der Waals surface area contributed by atoms with E-state index in [0.29, 0.717) is 36.9 Å². The van der Waals surface area contributed by atoms with E-state index in [2.05, 4.69) is 12.2 Å². The van der Waals surface area contributed by atoms with Gasteiger partial charge in [-0.1, -0.05) is 6.92 Å². The third-order valence-electron chi connectivity index (χ3n) is 4.66. The Morgan fingerprint density at radius 2 is 2.14 bits per heavy atom. The first-order valence-electron chi connectivity index (χ1n) is 7.75. The van der Waals surface area contributed by atoms with Crippen LogP contribution in [0, 0.1) is 5.92 Å². The van der Waals surface area contributed by atoms with Crippen LogP contribution in [-0.2, 0) is 22.4 Å². The summed E-state index contributed by atoms with van der Waals surface area (Å²) in [6.07, 6.45) is 3.82. The average molecular weight is 323 g/mol. The summed E-state index contributed by atoms with van der Waals surface area (Å²) in [6.45, 7) is 2.96. The molecule has 2 aliphatic rings. The number of amides is 1. The molecule has 1 saturated heterocycles. The van der Waals surface area contributed by atoms with Crippen molar-refractivity contribution < 1.29 is 19.4 Å². The topological polar surface area (TPSA) is 75.6 Å². The van der Waals surface area contributed by atoms with Crippen molar-refractivity contribution in [3.8, 4) is 0 Å². The number of rotatable bonds is 3. The van der Waals surface area contributed by atoms with Crippen molar-refractivity contribution in [2.75, 3.05) is 13.2 Å². The maximum absolute atomic E-state index is 12.5. The van der Waals surface area contributed by atoms with Crippen molar-refractivity contribution in [1.82, 2.24) is 5.32 Å². The van der Waals surface area contributed by atoms with E-state index in [1.807, 2.05) is 6.07 Å². The molecule has 0 bridgehead atoms. The van der Waals surface area contributed by atoms with Crippen LogP contribution in [0.15, 0.2) is 6.07 Å². The Kier molecular flexibility index (Phi) is 4.23. The molecular weight excluding hydrogens is 302 g/mol. The first-order chi connectivity index (χ1) is 10.5. The van der Waals surface area contributed by atoms with E-state index in [-0.39, 0.29) is 5.91 Å². The summed E-state index contributed by atoms with van der Waals surface area (Å²) >= 11 is 1.51. The van der Waals surface area contributed by atoms with Gasteiger partial charge in [0.25, 0.3) is 5.91 Å². The molecule has 0 radical (unpaired) electrons. The number of aryl methyl sites for hydroxylation is 1. The van der Waals surface area contributed by atoms with E-state index >= 15 is 0 Å². The molecule has 1 fully saturated rings. The molecule has 1 atom stereocenters. The minimum atomic E-state index is -1.19. The van der Waals surface area contributed by atoms with Gasteiger partial charge in [0.1, 0.15) is 5.54 Å². The molecule has 2 heterocycles. The molecular formula is C16H21NO4S. The average Bonchev–Trinajstić information content (AvgIpc) is 2.91. The van der Waals surface area contributed by atoms with Crippen LogP contribution in [0.5, 0.6) is 0 Å². The molecule has 1 aliphatic heterocycles. The predicted molar refractivity (Wildman–Crippen MR) is 83.4 cm³/mol. The van der Waals surface area contributed by atoms with Crippen molar-refractivity contribution in [3.63, 3.8) is 0 Å². The molecule has 1 aromatic rings. The third-order valence-corrected chi connectivity index (χ3v) is 5.90. The zero-order valence-corrected chi connectivity index (χ0v) is 13.5. The normalized spacial score (nSPS) is 23.6. The van der Waals surface area contributed by atoms with Crippen LogP contribution in [0.4, 0.5) is 0 Å². The zero-order chi connectivity index (χ0) is 15.7. The minimum absolute atomic E-state index is 0.267. The van der Waals surface area contributed by atoms with Crippen LogP contribution in [0.25, 0.3) is 0 Å². The van der Waals surface area contributed by atoms with Crippen molar-refractivity contribution >= 4 is 23.2 Å². The number of carboxylic acid groups (broad SMARTS) is 1. The SMILES string of the molecule is CC1CCc2sc(C(=O)NC3(C(=O)O)CCOCC3)cc2C1. The Labute approximate surface area is 133 Å². The Bertz CT molecular complexity index is 589. The number of carboxylic acids is 1. The summed E-state index contributed by atoms with van der Waals surface area (Å²) in [5.74, 6) is -0.589. The van der Waals surface area contributed by atoms with Crippen molar-refractivity contribution in [1.29, 1.82) is 0 Å². The molecule has 3 rings (SSSR count). The first-order valence-corrected chi connectivity index (χ1v) is 8.57. The largest absolute Gasteiger partial charge is 0.480 e. The number of aliphatic carboxylic acids is 1. The van der Waals surface area contributed by atoms with E-state index in [4.69, 9.17) is 4.74 Å². The number of carbonyl (C=O) groups is 2. The number of ether oxygens (including phenoxy) is 1. The molecule has 0 aromatic carbocycles. The number of hydrogen-bond acceptors (Lipinski definition) is 4. The molecule has 5 nitrogen and oxygen atoms in total. The molecule has 120 valence electrons. The molecule has 22 heavy (non-hydrogen) atoms. The number of carbonyl (C=O) groups excluding carboxylic acids is 1. The quantitative estimate of drug-likeness (QED) is 0.894. The van der Waals surface area contributed by atoms with Gasteiger partial charge in [-0.3, -0.25) is 4.79 Å². The Hall–Kier alpha value is -1.40. The summed E-state index contributed by atoms with van der Waals surface area (Å²) in [5.41, 5.74) is 0.0675. The lowest BCUT2D eigenvalue weighted by atomic mass is 9.89. The second-order valence-electron chi connectivity index (χ2n) is 6.36. The highest BCUT2D eigenvalue weighted by Crippen LogP contribution is 2.32. The Morgan fingerprint density at radius 3 is 2.82 bits per heavy atom. The summed E-state index contributed by atoms with van der Waals surface area (Å²) < 4.78 is 5.23. The van der Waals surface area contributed by atoms with E-state index in [1.54, 1.807) is 0 Å². The van der Waals surface area contributed by atoms with E-state index in [0.717, 1.165) is 19.3 Å². The summed E-state index contributed by atoms with van der Waals surface area (Å²) in [5, 5.41) is 12.3.